The van der Waals surface area contributed by atoms with Crippen molar-refractivity contribution in [1.29, 1.82) is 0 Å². The summed E-state index contributed by atoms with van der Waals surface area (Å²) in [5, 5.41) is 9.52. The number of thiocarbonyl (C=S) groups is 1. The third-order valence-corrected chi connectivity index (χ3v) is 6.68. The Balaban J connectivity index is 1.34. The molecule has 0 amide bonds. The zero-order valence-electron chi connectivity index (χ0n) is 16.3. The Bertz CT molecular complexity index is 975. The fourth-order valence-corrected chi connectivity index (χ4v) is 4.77. The van der Waals surface area contributed by atoms with Gasteiger partial charge in [0.15, 0.2) is 10.3 Å². The molecular weight excluding hydrogens is 434 g/mol. The van der Waals surface area contributed by atoms with Gasteiger partial charge in [-0.1, -0.05) is 36.6 Å². The minimum Gasteiger partial charge on any atom is -0.362 e. The number of pyridine rings is 1. The van der Waals surface area contributed by atoms with E-state index in [0.29, 0.717) is 10.3 Å². The van der Waals surface area contributed by atoms with Crippen LogP contribution in [0.25, 0.3) is 0 Å². The minimum absolute atomic E-state index is 0.102. The molecule has 1 fully saturated rings. The first-order valence-electron chi connectivity index (χ1n) is 9.85. The van der Waals surface area contributed by atoms with E-state index in [2.05, 4.69) is 37.7 Å². The van der Waals surface area contributed by atoms with Gasteiger partial charge in [-0.3, -0.25) is 0 Å². The van der Waals surface area contributed by atoms with Crippen molar-refractivity contribution >= 4 is 46.4 Å². The predicted molar refractivity (Wildman–Crippen MR) is 126 cm³/mol. The second-order valence-corrected chi connectivity index (χ2v) is 9.15. The van der Waals surface area contributed by atoms with Crippen LogP contribution in [0.1, 0.15) is 31.2 Å². The summed E-state index contributed by atoms with van der Waals surface area (Å²) >= 11 is 13.0. The van der Waals surface area contributed by atoms with Crippen LogP contribution in [0.2, 0.25) is 5.02 Å². The molecule has 2 N–H and O–H groups in total. The first-order valence-corrected chi connectivity index (χ1v) is 11.5. The van der Waals surface area contributed by atoms with E-state index in [1.54, 1.807) is 24.7 Å². The molecule has 4 rings (SSSR count). The highest BCUT2D eigenvalue weighted by Crippen LogP contribution is 2.41. The van der Waals surface area contributed by atoms with E-state index in [1.165, 1.54) is 30.2 Å². The van der Waals surface area contributed by atoms with Gasteiger partial charge in [0, 0.05) is 29.4 Å². The molecule has 0 aliphatic heterocycles. The zero-order chi connectivity index (χ0) is 20.8. The van der Waals surface area contributed by atoms with Crippen molar-refractivity contribution < 1.29 is 0 Å². The van der Waals surface area contributed by atoms with Gasteiger partial charge in [-0.25, -0.2) is 15.0 Å². The van der Waals surface area contributed by atoms with Crippen LogP contribution in [0.5, 0.6) is 0 Å². The summed E-state index contributed by atoms with van der Waals surface area (Å²) in [5.41, 5.74) is 2.27. The highest BCUT2D eigenvalue weighted by atomic mass is 35.5. The fourth-order valence-electron chi connectivity index (χ4n) is 3.79. The standard InChI is InChI=1S/C22H22ClN5S2/c23-17-6-4-16(5-7-17)22(10-1-2-11-22)15-27-20(29)28-18-8-9-19(26-14-18)30-21-24-12-3-13-25-21/h3-9,12-14H,1-2,10-11,15H2,(H2,27,28,29). The molecule has 0 spiro atoms. The number of hydrogen-bond acceptors (Lipinski definition) is 5. The number of anilines is 1. The van der Waals surface area contributed by atoms with E-state index in [1.807, 2.05) is 24.3 Å². The summed E-state index contributed by atoms with van der Waals surface area (Å²) in [5.74, 6) is 0. The highest BCUT2D eigenvalue weighted by Gasteiger charge is 2.35. The molecule has 0 bridgehead atoms. The van der Waals surface area contributed by atoms with Gasteiger partial charge < -0.3 is 10.6 Å². The molecule has 2 aromatic heterocycles. The van der Waals surface area contributed by atoms with Gasteiger partial charge >= 0.3 is 0 Å². The van der Waals surface area contributed by atoms with Crippen molar-refractivity contribution in [2.75, 3.05) is 11.9 Å². The molecule has 1 aliphatic rings. The number of nitrogens with zero attached hydrogens (tertiary/aromatic N) is 3. The van der Waals surface area contributed by atoms with Crippen LogP contribution in [-0.2, 0) is 5.41 Å². The third kappa shape index (κ3) is 5.28. The van der Waals surface area contributed by atoms with Gasteiger partial charge in [0.1, 0.15) is 5.03 Å². The molecular formula is C22H22ClN5S2. The molecule has 1 aromatic carbocycles. The SMILES string of the molecule is S=C(NCC1(c2ccc(Cl)cc2)CCCC1)Nc1ccc(Sc2ncccn2)nc1. The van der Waals surface area contributed by atoms with Crippen molar-refractivity contribution in [1.82, 2.24) is 20.3 Å². The lowest BCUT2D eigenvalue weighted by Gasteiger charge is -2.30. The molecule has 30 heavy (non-hydrogen) atoms. The Kier molecular flexibility index (Phi) is 6.82. The van der Waals surface area contributed by atoms with E-state index in [9.17, 15) is 0 Å². The third-order valence-electron chi connectivity index (χ3n) is 5.34. The van der Waals surface area contributed by atoms with Gasteiger partial charge in [0.2, 0.25) is 0 Å². The summed E-state index contributed by atoms with van der Waals surface area (Å²) in [7, 11) is 0. The summed E-state index contributed by atoms with van der Waals surface area (Å²) in [6.45, 7) is 0.799. The molecule has 1 saturated carbocycles. The minimum atomic E-state index is 0.102. The summed E-state index contributed by atoms with van der Waals surface area (Å²) < 4.78 is 0. The zero-order valence-corrected chi connectivity index (χ0v) is 18.7. The molecule has 154 valence electrons. The average molecular weight is 456 g/mol. The molecule has 2 heterocycles. The largest absolute Gasteiger partial charge is 0.362 e. The Morgan fingerprint density at radius 2 is 1.77 bits per heavy atom. The average Bonchev–Trinajstić information content (AvgIpc) is 3.25. The lowest BCUT2D eigenvalue weighted by Crippen LogP contribution is -2.40. The quantitative estimate of drug-likeness (QED) is 0.377. The Hall–Kier alpha value is -2.22. The number of aromatic nitrogens is 3. The second-order valence-electron chi connectivity index (χ2n) is 7.32. The molecule has 3 aromatic rings. The van der Waals surface area contributed by atoms with Crippen LogP contribution in [-0.4, -0.2) is 26.6 Å². The summed E-state index contributed by atoms with van der Waals surface area (Å²) in [6, 6.07) is 13.9. The molecule has 8 heteroatoms. The smallest absolute Gasteiger partial charge is 0.193 e. The number of benzene rings is 1. The molecule has 0 radical (unpaired) electrons. The monoisotopic (exact) mass is 455 g/mol. The van der Waals surface area contributed by atoms with Gasteiger partial charge in [-0.05, 0) is 72.7 Å². The summed E-state index contributed by atoms with van der Waals surface area (Å²) in [4.78, 5) is 12.9. The van der Waals surface area contributed by atoms with E-state index < -0.39 is 0 Å². The maximum Gasteiger partial charge on any atom is 0.193 e. The van der Waals surface area contributed by atoms with E-state index in [0.717, 1.165) is 35.1 Å². The van der Waals surface area contributed by atoms with Crippen molar-refractivity contribution in [2.24, 2.45) is 0 Å². The predicted octanol–water partition coefficient (Wildman–Crippen LogP) is 5.47. The van der Waals surface area contributed by atoms with Crippen molar-refractivity contribution in [3.05, 3.63) is 71.6 Å². The maximum atomic E-state index is 6.08. The van der Waals surface area contributed by atoms with E-state index in [4.69, 9.17) is 23.8 Å². The molecule has 1 aliphatic carbocycles. The molecule has 0 saturated heterocycles. The van der Waals surface area contributed by atoms with Gasteiger partial charge in [0.25, 0.3) is 0 Å². The van der Waals surface area contributed by atoms with Crippen molar-refractivity contribution in [3.8, 4) is 0 Å². The highest BCUT2D eigenvalue weighted by molar-refractivity contribution is 7.99. The van der Waals surface area contributed by atoms with Gasteiger partial charge in [0.05, 0.1) is 11.9 Å². The van der Waals surface area contributed by atoms with E-state index >= 15 is 0 Å². The number of hydrogen-bond donors (Lipinski definition) is 2. The van der Waals surface area contributed by atoms with Crippen LogP contribution >= 0.6 is 35.6 Å². The van der Waals surface area contributed by atoms with Crippen molar-refractivity contribution in [3.63, 3.8) is 0 Å². The Labute approximate surface area is 191 Å². The van der Waals surface area contributed by atoms with Crippen LogP contribution < -0.4 is 10.6 Å². The number of nitrogens with one attached hydrogen (secondary N) is 2. The first-order chi connectivity index (χ1) is 14.6. The first kappa shape index (κ1) is 21.0. The number of halogens is 1. The van der Waals surface area contributed by atoms with Crippen LogP contribution in [0.3, 0.4) is 0 Å². The molecule has 5 nitrogen and oxygen atoms in total. The van der Waals surface area contributed by atoms with Crippen molar-refractivity contribution in [2.45, 2.75) is 41.3 Å². The second kappa shape index (κ2) is 9.73. The molecule has 0 unspecified atom stereocenters. The van der Waals surface area contributed by atoms with Crippen LogP contribution in [0.4, 0.5) is 5.69 Å². The Morgan fingerprint density at radius 1 is 1.03 bits per heavy atom. The maximum absolute atomic E-state index is 6.08. The van der Waals surface area contributed by atoms with Crippen LogP contribution in [0.15, 0.2) is 71.2 Å². The summed E-state index contributed by atoms with van der Waals surface area (Å²) in [6.07, 6.45) is 9.98. The lowest BCUT2D eigenvalue weighted by molar-refractivity contribution is 0.435. The lowest BCUT2D eigenvalue weighted by atomic mass is 9.79. The molecule has 0 atom stereocenters. The van der Waals surface area contributed by atoms with E-state index in [-0.39, 0.29) is 5.41 Å². The van der Waals surface area contributed by atoms with Crippen LogP contribution in [0, 0.1) is 0 Å². The van der Waals surface area contributed by atoms with Gasteiger partial charge in [-0.15, -0.1) is 0 Å². The fraction of sp³-hybridized carbons (Fsp3) is 0.273. The Morgan fingerprint density at radius 3 is 2.43 bits per heavy atom. The van der Waals surface area contributed by atoms with Gasteiger partial charge in [-0.2, -0.15) is 0 Å². The normalized spacial score (nSPS) is 15.0. The topological polar surface area (TPSA) is 62.7 Å². The number of rotatable bonds is 6.